The van der Waals surface area contributed by atoms with E-state index in [-0.39, 0.29) is 28.9 Å². The van der Waals surface area contributed by atoms with Gasteiger partial charge in [0.15, 0.2) is 0 Å². The Hall–Kier alpha value is -2.57. The maximum atomic E-state index is 10.8. The Morgan fingerprint density at radius 3 is 2.19 bits per heavy atom. The number of nitrogens with one attached hydrogen (secondary N) is 1. The van der Waals surface area contributed by atoms with E-state index in [2.05, 4.69) is 5.32 Å². The fourth-order valence-electron chi connectivity index (χ4n) is 1.16. The molecule has 0 heterocycles. The molecule has 0 unspecified atom stereocenters. The molecule has 0 saturated carbocycles. The lowest BCUT2D eigenvalue weighted by Gasteiger charge is -2.08. The number of carboxylic acid groups (broad SMARTS) is 2. The van der Waals surface area contributed by atoms with Crippen molar-refractivity contribution in [3.8, 4) is 0 Å². The van der Waals surface area contributed by atoms with Crippen molar-refractivity contribution >= 4 is 29.7 Å². The van der Waals surface area contributed by atoms with Crippen LogP contribution in [-0.2, 0) is 4.79 Å². The molecule has 0 atom stereocenters. The number of rotatable bonds is 4. The molecule has 7 nitrogen and oxygen atoms in total. The molecule has 0 radical (unpaired) electrons. The van der Waals surface area contributed by atoms with Crippen LogP contribution in [0.15, 0.2) is 12.1 Å². The van der Waals surface area contributed by atoms with E-state index in [0.29, 0.717) is 0 Å². The first kappa shape index (κ1) is 11.5. The molecule has 5 N–H and O–H groups in total. The fourth-order valence-corrected chi connectivity index (χ4v) is 1.16. The van der Waals surface area contributed by atoms with Crippen LogP contribution < -0.4 is 11.1 Å². The number of carbonyl (C=O) groups is 3. The summed E-state index contributed by atoms with van der Waals surface area (Å²) < 4.78 is 0. The highest BCUT2D eigenvalue weighted by Crippen LogP contribution is 2.23. The third-order valence-corrected chi connectivity index (χ3v) is 1.86. The predicted molar refractivity (Wildman–Crippen MR) is 54.5 cm³/mol. The molecule has 0 spiro atoms. The van der Waals surface area contributed by atoms with E-state index in [1.165, 1.54) is 0 Å². The predicted octanol–water partition coefficient (Wildman–Crippen LogP) is 0.233. The Balaban J connectivity index is 3.42. The highest BCUT2D eigenvalue weighted by atomic mass is 16.4. The molecule has 1 rings (SSSR count). The molecule has 0 aliphatic rings. The Morgan fingerprint density at radius 1 is 1.19 bits per heavy atom. The summed E-state index contributed by atoms with van der Waals surface area (Å²) in [5.41, 5.74) is 4.53. The largest absolute Gasteiger partial charge is 0.478 e. The average Bonchev–Trinajstić information content (AvgIpc) is 2.19. The van der Waals surface area contributed by atoms with Gasteiger partial charge in [0.25, 0.3) is 0 Å². The van der Waals surface area contributed by atoms with Crippen molar-refractivity contribution in [3.63, 3.8) is 0 Å². The van der Waals surface area contributed by atoms with Gasteiger partial charge in [-0.3, -0.25) is 4.79 Å². The number of hydrogen-bond acceptors (Lipinski definition) is 4. The normalized spacial score (nSPS) is 9.50. The summed E-state index contributed by atoms with van der Waals surface area (Å²) in [5, 5.41) is 19.6. The van der Waals surface area contributed by atoms with Crippen LogP contribution in [0, 0.1) is 0 Å². The number of nitrogens with two attached hydrogens (primary N) is 1. The summed E-state index contributed by atoms with van der Waals surface area (Å²) in [7, 11) is 0. The van der Waals surface area contributed by atoms with Gasteiger partial charge in [-0.1, -0.05) is 0 Å². The number of benzene rings is 1. The molecule has 1 amide bonds. The van der Waals surface area contributed by atoms with E-state index in [1.807, 2.05) is 0 Å². The van der Waals surface area contributed by atoms with Gasteiger partial charge >= 0.3 is 11.9 Å². The second-order valence-corrected chi connectivity index (χ2v) is 2.86. The number of carboxylic acids is 2. The number of carbonyl (C=O) groups excluding carboxylic acids is 1. The van der Waals surface area contributed by atoms with E-state index in [0.717, 1.165) is 12.1 Å². The van der Waals surface area contributed by atoms with Gasteiger partial charge in [0, 0.05) is 5.69 Å². The molecule has 1 aromatic carbocycles. The zero-order valence-corrected chi connectivity index (χ0v) is 7.93. The van der Waals surface area contributed by atoms with Crippen molar-refractivity contribution in [1.82, 2.24) is 0 Å². The van der Waals surface area contributed by atoms with E-state index < -0.39 is 11.9 Å². The molecular weight excluding hydrogens is 216 g/mol. The zero-order valence-electron chi connectivity index (χ0n) is 7.93. The number of aromatic carboxylic acids is 2. The molecule has 0 fully saturated rings. The summed E-state index contributed by atoms with van der Waals surface area (Å²) in [6.45, 7) is 0. The maximum Gasteiger partial charge on any atom is 0.337 e. The summed E-state index contributed by atoms with van der Waals surface area (Å²) in [6, 6.07) is 1.98. The maximum absolute atomic E-state index is 10.8. The van der Waals surface area contributed by atoms with E-state index in [4.69, 9.17) is 15.9 Å². The van der Waals surface area contributed by atoms with Gasteiger partial charge in [-0.15, -0.1) is 0 Å². The Bertz CT molecular complexity index is 469. The van der Waals surface area contributed by atoms with Crippen molar-refractivity contribution in [2.45, 2.75) is 0 Å². The quantitative estimate of drug-likeness (QED) is 0.428. The molecule has 84 valence electrons. The van der Waals surface area contributed by atoms with Crippen molar-refractivity contribution in [2.24, 2.45) is 0 Å². The molecule has 1 aromatic rings. The first-order valence-electron chi connectivity index (χ1n) is 4.07. The minimum absolute atomic E-state index is 0.117. The minimum atomic E-state index is -1.31. The third-order valence-electron chi connectivity index (χ3n) is 1.86. The lowest BCUT2D eigenvalue weighted by atomic mass is 10.1. The van der Waals surface area contributed by atoms with Gasteiger partial charge in [0.1, 0.15) is 0 Å². The van der Waals surface area contributed by atoms with Gasteiger partial charge < -0.3 is 21.3 Å². The molecular formula is C9H8N2O5. The SMILES string of the molecule is Nc1cc(C(=O)O)c(NC=O)cc1C(=O)O. The second kappa shape index (κ2) is 4.30. The Morgan fingerprint density at radius 2 is 1.75 bits per heavy atom. The average molecular weight is 224 g/mol. The van der Waals surface area contributed by atoms with Crippen molar-refractivity contribution in [2.75, 3.05) is 11.1 Å². The van der Waals surface area contributed by atoms with Gasteiger partial charge in [-0.25, -0.2) is 9.59 Å². The lowest BCUT2D eigenvalue weighted by molar-refractivity contribution is -0.105. The van der Waals surface area contributed by atoms with Gasteiger partial charge in [0.05, 0.1) is 16.8 Å². The third kappa shape index (κ3) is 2.08. The fraction of sp³-hybridized carbons (Fsp3) is 0. The zero-order chi connectivity index (χ0) is 12.3. The van der Waals surface area contributed by atoms with Crippen LogP contribution >= 0.6 is 0 Å². The smallest absolute Gasteiger partial charge is 0.337 e. The first-order chi connectivity index (χ1) is 7.47. The van der Waals surface area contributed by atoms with E-state index in [9.17, 15) is 14.4 Å². The monoisotopic (exact) mass is 224 g/mol. The van der Waals surface area contributed by atoms with Crippen molar-refractivity contribution in [3.05, 3.63) is 23.3 Å². The number of anilines is 2. The van der Waals surface area contributed by atoms with E-state index in [1.54, 1.807) is 0 Å². The molecule has 0 aliphatic carbocycles. The molecule has 16 heavy (non-hydrogen) atoms. The first-order valence-corrected chi connectivity index (χ1v) is 4.07. The lowest BCUT2D eigenvalue weighted by Crippen LogP contribution is -2.10. The molecule has 0 saturated heterocycles. The van der Waals surface area contributed by atoms with Crippen molar-refractivity contribution < 1.29 is 24.6 Å². The standard InChI is InChI=1S/C9H8N2O5/c10-6-1-5(9(15)16)7(11-3-12)2-4(6)8(13)14/h1-3H,10H2,(H,11,12)(H,13,14)(H,15,16). The number of amides is 1. The van der Waals surface area contributed by atoms with Crippen LogP contribution in [0.1, 0.15) is 20.7 Å². The topological polar surface area (TPSA) is 130 Å². The molecule has 0 aliphatic heterocycles. The van der Waals surface area contributed by atoms with Gasteiger partial charge in [-0.2, -0.15) is 0 Å². The minimum Gasteiger partial charge on any atom is -0.478 e. The summed E-state index contributed by atoms with van der Waals surface area (Å²) in [4.78, 5) is 31.7. The Kier molecular flexibility index (Phi) is 3.09. The van der Waals surface area contributed by atoms with Crippen molar-refractivity contribution in [1.29, 1.82) is 0 Å². The van der Waals surface area contributed by atoms with Crippen LogP contribution in [0.3, 0.4) is 0 Å². The summed E-state index contributed by atoms with van der Waals surface area (Å²) >= 11 is 0. The summed E-state index contributed by atoms with van der Waals surface area (Å²) in [5.74, 6) is -2.61. The summed E-state index contributed by atoms with van der Waals surface area (Å²) in [6.07, 6.45) is 0.254. The second-order valence-electron chi connectivity index (χ2n) is 2.86. The van der Waals surface area contributed by atoms with Crippen LogP contribution in [-0.4, -0.2) is 28.6 Å². The number of nitrogen functional groups attached to an aromatic ring is 1. The number of hydrogen-bond donors (Lipinski definition) is 4. The molecule has 0 aromatic heterocycles. The Labute approximate surface area is 89.5 Å². The van der Waals surface area contributed by atoms with E-state index >= 15 is 0 Å². The highest BCUT2D eigenvalue weighted by molar-refractivity contribution is 6.03. The van der Waals surface area contributed by atoms with Gasteiger partial charge in [0.2, 0.25) is 6.41 Å². The van der Waals surface area contributed by atoms with Crippen LogP contribution in [0.4, 0.5) is 11.4 Å². The van der Waals surface area contributed by atoms with Crippen LogP contribution in [0.2, 0.25) is 0 Å². The highest BCUT2D eigenvalue weighted by Gasteiger charge is 2.16. The van der Waals surface area contributed by atoms with Crippen LogP contribution in [0.25, 0.3) is 0 Å². The molecule has 7 heteroatoms. The van der Waals surface area contributed by atoms with Crippen LogP contribution in [0.5, 0.6) is 0 Å². The molecule has 0 bridgehead atoms. The van der Waals surface area contributed by atoms with Gasteiger partial charge in [-0.05, 0) is 12.1 Å².